The van der Waals surface area contributed by atoms with Gasteiger partial charge in [-0.1, -0.05) is 24.3 Å². The van der Waals surface area contributed by atoms with Crippen LogP contribution in [0.3, 0.4) is 0 Å². The van der Waals surface area contributed by atoms with Crippen LogP contribution in [0.25, 0.3) is 17.1 Å². The minimum atomic E-state index is -0.398. The Hall–Kier alpha value is -4.20. The highest BCUT2D eigenvalue weighted by Crippen LogP contribution is 2.20. The van der Waals surface area contributed by atoms with Crippen LogP contribution in [-0.2, 0) is 16.1 Å². The molecule has 2 aromatic heterocycles. The molecule has 7 nitrogen and oxygen atoms in total. The average molecular weight is 446 g/mol. The molecule has 168 valence electrons. The monoisotopic (exact) mass is 446 g/mol. The second-order valence-corrected chi connectivity index (χ2v) is 7.45. The Morgan fingerprint density at radius 3 is 2.70 bits per heavy atom. The summed E-state index contributed by atoms with van der Waals surface area (Å²) in [5.41, 5.74) is 2.56. The van der Waals surface area contributed by atoms with E-state index < -0.39 is 6.04 Å². The maximum Gasteiger partial charge on any atom is 0.244 e. The number of carbonyl (C=O) groups excluding carboxylic acids is 2. The van der Waals surface area contributed by atoms with Crippen LogP contribution in [0.5, 0.6) is 0 Å². The molecule has 0 aliphatic heterocycles. The van der Waals surface area contributed by atoms with E-state index in [1.165, 1.54) is 24.5 Å². The smallest absolute Gasteiger partial charge is 0.244 e. The Labute approximate surface area is 189 Å². The molecule has 0 radical (unpaired) electrons. The van der Waals surface area contributed by atoms with Gasteiger partial charge >= 0.3 is 0 Å². The van der Waals surface area contributed by atoms with Crippen LogP contribution in [-0.4, -0.2) is 27.9 Å². The second kappa shape index (κ2) is 10.4. The number of rotatable bonds is 9. The van der Waals surface area contributed by atoms with E-state index in [4.69, 9.17) is 4.42 Å². The summed E-state index contributed by atoms with van der Waals surface area (Å²) in [4.78, 5) is 28.9. The van der Waals surface area contributed by atoms with E-state index in [0.29, 0.717) is 12.3 Å². The molecule has 1 unspecified atom stereocenters. The predicted molar refractivity (Wildman–Crippen MR) is 122 cm³/mol. The first-order chi connectivity index (χ1) is 16.1. The highest BCUT2D eigenvalue weighted by atomic mass is 19.1. The maximum atomic E-state index is 13.4. The number of aromatic nitrogens is 2. The quantitative estimate of drug-likeness (QED) is 0.382. The third-order valence-corrected chi connectivity index (χ3v) is 5.11. The van der Waals surface area contributed by atoms with Gasteiger partial charge in [0.15, 0.2) is 0 Å². The standard InChI is InChI=1S/C25H23FN4O3/c26-19-9-7-18(8-10-19)22(16-30-17-28-21-5-1-2-6-23(21)30)29-25(32)13-14-27-24(31)12-11-20-4-3-15-33-20/h1-12,15,17,22H,13-14,16H2,(H,27,31)(H,29,32)/b12-11+. The Morgan fingerprint density at radius 2 is 1.91 bits per heavy atom. The lowest BCUT2D eigenvalue weighted by molar-refractivity contribution is -0.122. The summed E-state index contributed by atoms with van der Waals surface area (Å²) in [6, 6.07) is 16.8. The second-order valence-electron chi connectivity index (χ2n) is 7.45. The van der Waals surface area contributed by atoms with Crippen LogP contribution in [0.15, 0.2) is 83.7 Å². The van der Waals surface area contributed by atoms with Crippen molar-refractivity contribution in [2.24, 2.45) is 0 Å². The number of nitrogens with one attached hydrogen (secondary N) is 2. The van der Waals surface area contributed by atoms with Crippen LogP contribution in [0.1, 0.15) is 23.8 Å². The lowest BCUT2D eigenvalue weighted by Gasteiger charge is -2.20. The van der Waals surface area contributed by atoms with Crippen LogP contribution < -0.4 is 10.6 Å². The van der Waals surface area contributed by atoms with E-state index in [-0.39, 0.29) is 30.6 Å². The molecular weight excluding hydrogens is 423 g/mol. The van der Waals surface area contributed by atoms with Gasteiger partial charge in [0, 0.05) is 25.6 Å². The Morgan fingerprint density at radius 1 is 1.09 bits per heavy atom. The van der Waals surface area contributed by atoms with Crippen molar-refractivity contribution >= 4 is 28.9 Å². The summed E-state index contributed by atoms with van der Waals surface area (Å²) in [5, 5.41) is 5.66. The van der Waals surface area contributed by atoms with Gasteiger partial charge in [0.25, 0.3) is 0 Å². The van der Waals surface area contributed by atoms with Crippen molar-refractivity contribution in [2.75, 3.05) is 6.54 Å². The molecule has 0 saturated carbocycles. The lowest BCUT2D eigenvalue weighted by Crippen LogP contribution is -2.34. The minimum absolute atomic E-state index is 0.0999. The van der Waals surface area contributed by atoms with Crippen LogP contribution in [0.2, 0.25) is 0 Å². The van der Waals surface area contributed by atoms with Gasteiger partial charge in [0.2, 0.25) is 11.8 Å². The molecule has 0 bridgehead atoms. The first kappa shape index (κ1) is 22.0. The van der Waals surface area contributed by atoms with E-state index in [9.17, 15) is 14.0 Å². The number of hydrogen-bond donors (Lipinski definition) is 2. The van der Waals surface area contributed by atoms with Gasteiger partial charge < -0.3 is 19.6 Å². The number of furan rings is 1. The van der Waals surface area contributed by atoms with Crippen LogP contribution in [0.4, 0.5) is 4.39 Å². The number of hydrogen-bond acceptors (Lipinski definition) is 4. The maximum absolute atomic E-state index is 13.4. The molecule has 2 amide bonds. The molecule has 0 aliphatic carbocycles. The zero-order chi connectivity index (χ0) is 23.0. The number of halogens is 1. The van der Waals surface area contributed by atoms with Crippen molar-refractivity contribution in [3.05, 3.63) is 96.5 Å². The first-order valence-electron chi connectivity index (χ1n) is 10.5. The highest BCUT2D eigenvalue weighted by Gasteiger charge is 2.17. The summed E-state index contributed by atoms with van der Waals surface area (Å²) >= 11 is 0. The van der Waals surface area contributed by atoms with Gasteiger partial charge in [-0.25, -0.2) is 9.37 Å². The number of amides is 2. The SMILES string of the molecule is O=C(/C=C/c1ccco1)NCCC(=O)NC(Cn1cnc2ccccc21)c1ccc(F)cc1. The molecule has 0 fully saturated rings. The molecule has 8 heteroatoms. The van der Waals surface area contributed by atoms with E-state index in [2.05, 4.69) is 15.6 Å². The summed E-state index contributed by atoms with van der Waals surface area (Å²) in [7, 11) is 0. The molecule has 33 heavy (non-hydrogen) atoms. The summed E-state index contributed by atoms with van der Waals surface area (Å²) in [6.45, 7) is 0.605. The molecule has 0 spiro atoms. The Kier molecular flexibility index (Phi) is 6.94. The summed E-state index contributed by atoms with van der Waals surface area (Å²) < 4.78 is 20.5. The van der Waals surface area contributed by atoms with E-state index in [1.807, 2.05) is 28.8 Å². The molecule has 2 N–H and O–H groups in total. The molecule has 4 rings (SSSR count). The number of benzene rings is 2. The first-order valence-corrected chi connectivity index (χ1v) is 10.5. The number of carbonyl (C=O) groups is 2. The third kappa shape index (κ3) is 5.94. The molecule has 1 atom stereocenters. The average Bonchev–Trinajstić information content (AvgIpc) is 3.48. The van der Waals surface area contributed by atoms with Crippen molar-refractivity contribution < 1.29 is 18.4 Å². The summed E-state index contributed by atoms with van der Waals surface area (Å²) in [6.07, 6.45) is 6.24. The van der Waals surface area contributed by atoms with E-state index >= 15 is 0 Å². The number of nitrogens with zero attached hydrogens (tertiary/aromatic N) is 2. The van der Waals surface area contributed by atoms with Crippen molar-refractivity contribution in [1.29, 1.82) is 0 Å². The lowest BCUT2D eigenvalue weighted by atomic mass is 10.1. The topological polar surface area (TPSA) is 89.2 Å². The molecule has 2 aromatic carbocycles. The Bertz CT molecular complexity index is 1250. The van der Waals surface area contributed by atoms with Crippen molar-refractivity contribution in [3.63, 3.8) is 0 Å². The normalized spacial score (nSPS) is 12.2. The fraction of sp³-hybridized carbons (Fsp3) is 0.160. The number of para-hydroxylation sites is 2. The molecule has 0 aliphatic rings. The van der Waals surface area contributed by atoms with Gasteiger partial charge in [-0.05, 0) is 48.0 Å². The van der Waals surface area contributed by atoms with Crippen molar-refractivity contribution in [1.82, 2.24) is 20.2 Å². The molecule has 2 heterocycles. The highest BCUT2D eigenvalue weighted by molar-refractivity contribution is 5.91. The zero-order valence-corrected chi connectivity index (χ0v) is 17.8. The molecule has 0 saturated heterocycles. The van der Waals surface area contributed by atoms with Gasteiger partial charge in [0.05, 0.1) is 29.7 Å². The minimum Gasteiger partial charge on any atom is -0.465 e. The van der Waals surface area contributed by atoms with Crippen LogP contribution in [0, 0.1) is 5.82 Å². The molecule has 4 aromatic rings. The van der Waals surface area contributed by atoms with E-state index in [0.717, 1.165) is 16.6 Å². The van der Waals surface area contributed by atoms with Crippen LogP contribution >= 0.6 is 0 Å². The summed E-state index contributed by atoms with van der Waals surface area (Å²) in [5.74, 6) is -0.331. The van der Waals surface area contributed by atoms with Gasteiger partial charge in [0.1, 0.15) is 11.6 Å². The molecular formula is C25H23FN4O3. The zero-order valence-electron chi connectivity index (χ0n) is 17.8. The fourth-order valence-corrected chi connectivity index (χ4v) is 3.45. The largest absolute Gasteiger partial charge is 0.465 e. The predicted octanol–water partition coefficient (Wildman–Crippen LogP) is 3.85. The fourth-order valence-electron chi connectivity index (χ4n) is 3.45. The Balaban J connectivity index is 1.38. The number of imidazole rings is 1. The van der Waals surface area contributed by atoms with Gasteiger partial charge in [-0.15, -0.1) is 0 Å². The van der Waals surface area contributed by atoms with Crippen molar-refractivity contribution in [3.8, 4) is 0 Å². The third-order valence-electron chi connectivity index (χ3n) is 5.11. The van der Waals surface area contributed by atoms with Gasteiger partial charge in [-0.3, -0.25) is 9.59 Å². The van der Waals surface area contributed by atoms with Crippen molar-refractivity contribution in [2.45, 2.75) is 19.0 Å². The van der Waals surface area contributed by atoms with Gasteiger partial charge in [-0.2, -0.15) is 0 Å². The number of fused-ring (bicyclic) bond motifs is 1. The van der Waals surface area contributed by atoms with E-state index in [1.54, 1.807) is 36.7 Å².